The summed E-state index contributed by atoms with van der Waals surface area (Å²) < 4.78 is 11.4. The summed E-state index contributed by atoms with van der Waals surface area (Å²) in [7, 11) is 1.63. The summed E-state index contributed by atoms with van der Waals surface area (Å²) in [5.74, 6) is 1.58. The van der Waals surface area contributed by atoms with E-state index in [-0.39, 0.29) is 5.91 Å². The molecule has 1 aliphatic heterocycles. The third kappa shape index (κ3) is 5.63. The lowest BCUT2D eigenvalue weighted by molar-refractivity contribution is -0.127. The Labute approximate surface area is 171 Å². The number of likely N-dealkylation sites (tertiary alicyclic amines) is 1. The zero-order valence-electron chi connectivity index (χ0n) is 16.2. The van der Waals surface area contributed by atoms with E-state index in [1.165, 1.54) is 0 Å². The standard InChI is InChI=1S/C22H27ClN2O3/c1-27-20-13-18(15-24-10-6-12-25-11-5-9-22(25)26)19(23)14-21(20)28-16-17-7-3-2-4-8-17/h2-4,7-8,13-14,24H,5-6,9-12,15-16H2,1H3. The second kappa shape index (κ2) is 10.3. The summed E-state index contributed by atoms with van der Waals surface area (Å²) in [6.45, 7) is 3.64. The number of methoxy groups -OCH3 is 1. The van der Waals surface area contributed by atoms with Crippen LogP contribution in [0.5, 0.6) is 11.5 Å². The minimum absolute atomic E-state index is 0.277. The van der Waals surface area contributed by atoms with Gasteiger partial charge in [0.15, 0.2) is 11.5 Å². The van der Waals surface area contributed by atoms with Gasteiger partial charge in [-0.15, -0.1) is 0 Å². The number of ether oxygens (including phenoxy) is 2. The summed E-state index contributed by atoms with van der Waals surface area (Å²) in [4.78, 5) is 13.6. The van der Waals surface area contributed by atoms with Gasteiger partial charge in [-0.2, -0.15) is 0 Å². The van der Waals surface area contributed by atoms with Crippen LogP contribution in [0.25, 0.3) is 0 Å². The Morgan fingerprint density at radius 2 is 2.00 bits per heavy atom. The molecular weight excluding hydrogens is 376 g/mol. The first-order valence-electron chi connectivity index (χ1n) is 9.69. The van der Waals surface area contributed by atoms with Crippen molar-refractivity contribution in [1.29, 1.82) is 0 Å². The molecule has 0 radical (unpaired) electrons. The van der Waals surface area contributed by atoms with Gasteiger partial charge in [0.25, 0.3) is 0 Å². The van der Waals surface area contributed by atoms with Gasteiger partial charge < -0.3 is 19.7 Å². The van der Waals surface area contributed by atoms with Gasteiger partial charge in [0, 0.05) is 37.1 Å². The van der Waals surface area contributed by atoms with E-state index in [1.54, 1.807) is 7.11 Å². The van der Waals surface area contributed by atoms with Gasteiger partial charge in [-0.25, -0.2) is 0 Å². The van der Waals surface area contributed by atoms with Crippen LogP contribution in [0.3, 0.4) is 0 Å². The number of carbonyl (C=O) groups is 1. The third-order valence-corrected chi connectivity index (χ3v) is 5.19. The minimum Gasteiger partial charge on any atom is -0.493 e. The molecular formula is C22H27ClN2O3. The molecule has 2 aromatic carbocycles. The van der Waals surface area contributed by atoms with Gasteiger partial charge in [0.1, 0.15) is 6.61 Å². The number of hydrogen-bond acceptors (Lipinski definition) is 4. The highest BCUT2D eigenvalue weighted by atomic mass is 35.5. The second-order valence-corrected chi connectivity index (χ2v) is 7.29. The van der Waals surface area contributed by atoms with Crippen LogP contribution in [-0.2, 0) is 17.9 Å². The van der Waals surface area contributed by atoms with E-state index >= 15 is 0 Å². The van der Waals surface area contributed by atoms with Gasteiger partial charge in [0.2, 0.25) is 5.91 Å². The number of benzene rings is 2. The number of amides is 1. The average molecular weight is 403 g/mol. The predicted molar refractivity (Wildman–Crippen MR) is 111 cm³/mol. The number of nitrogens with one attached hydrogen (secondary N) is 1. The molecule has 150 valence electrons. The van der Waals surface area contributed by atoms with Gasteiger partial charge in [-0.3, -0.25) is 4.79 Å². The van der Waals surface area contributed by atoms with E-state index in [1.807, 2.05) is 47.4 Å². The lowest BCUT2D eigenvalue weighted by atomic mass is 10.2. The van der Waals surface area contributed by atoms with Gasteiger partial charge in [-0.1, -0.05) is 41.9 Å². The van der Waals surface area contributed by atoms with Crippen LogP contribution < -0.4 is 14.8 Å². The molecule has 1 amide bonds. The summed E-state index contributed by atoms with van der Waals surface area (Å²) in [6.07, 6.45) is 2.61. The molecule has 1 heterocycles. The molecule has 0 aromatic heterocycles. The van der Waals surface area contributed by atoms with Crippen LogP contribution in [0, 0.1) is 0 Å². The first-order chi connectivity index (χ1) is 13.7. The van der Waals surface area contributed by atoms with Crippen molar-refractivity contribution in [3.63, 3.8) is 0 Å². The Bertz CT molecular complexity index is 783. The fraction of sp³-hybridized carbons (Fsp3) is 0.409. The molecule has 0 atom stereocenters. The van der Waals surface area contributed by atoms with E-state index in [0.717, 1.165) is 43.6 Å². The van der Waals surface area contributed by atoms with Crippen molar-refractivity contribution < 1.29 is 14.3 Å². The number of hydrogen-bond donors (Lipinski definition) is 1. The first kappa shape index (κ1) is 20.5. The highest BCUT2D eigenvalue weighted by molar-refractivity contribution is 6.31. The molecule has 1 fully saturated rings. The van der Waals surface area contributed by atoms with Crippen molar-refractivity contribution in [2.24, 2.45) is 0 Å². The van der Waals surface area contributed by atoms with Crippen LogP contribution in [0.2, 0.25) is 5.02 Å². The van der Waals surface area contributed by atoms with Crippen LogP contribution in [0.4, 0.5) is 0 Å². The molecule has 0 bridgehead atoms. The van der Waals surface area contributed by atoms with Crippen molar-refractivity contribution in [2.45, 2.75) is 32.4 Å². The van der Waals surface area contributed by atoms with E-state index in [9.17, 15) is 4.79 Å². The van der Waals surface area contributed by atoms with Gasteiger partial charge in [0.05, 0.1) is 7.11 Å². The van der Waals surface area contributed by atoms with Crippen LogP contribution in [0.1, 0.15) is 30.4 Å². The smallest absolute Gasteiger partial charge is 0.222 e. The Balaban J connectivity index is 1.50. The number of rotatable bonds is 10. The molecule has 1 saturated heterocycles. The van der Waals surface area contributed by atoms with Crippen LogP contribution in [0.15, 0.2) is 42.5 Å². The highest BCUT2D eigenvalue weighted by Gasteiger charge is 2.19. The Morgan fingerprint density at radius 3 is 2.71 bits per heavy atom. The average Bonchev–Trinajstić information content (AvgIpc) is 3.12. The van der Waals surface area contributed by atoms with E-state index in [2.05, 4.69) is 5.32 Å². The topological polar surface area (TPSA) is 50.8 Å². The predicted octanol–water partition coefficient (Wildman–Crippen LogP) is 4.03. The van der Waals surface area contributed by atoms with E-state index < -0.39 is 0 Å². The van der Waals surface area contributed by atoms with Crippen LogP contribution >= 0.6 is 11.6 Å². The fourth-order valence-electron chi connectivity index (χ4n) is 3.28. The number of halogens is 1. The monoisotopic (exact) mass is 402 g/mol. The Morgan fingerprint density at radius 1 is 1.18 bits per heavy atom. The zero-order valence-corrected chi connectivity index (χ0v) is 17.0. The molecule has 0 unspecified atom stereocenters. The largest absolute Gasteiger partial charge is 0.493 e. The molecule has 5 nitrogen and oxygen atoms in total. The number of carbonyl (C=O) groups excluding carboxylic acids is 1. The summed E-state index contributed by atoms with van der Waals surface area (Å²) in [6, 6.07) is 13.7. The molecule has 1 aliphatic rings. The van der Waals surface area contributed by atoms with Crippen molar-refractivity contribution in [3.05, 3.63) is 58.6 Å². The number of nitrogens with zero attached hydrogens (tertiary/aromatic N) is 1. The zero-order chi connectivity index (χ0) is 19.8. The molecule has 3 rings (SSSR count). The maximum absolute atomic E-state index is 11.6. The third-order valence-electron chi connectivity index (χ3n) is 4.84. The first-order valence-corrected chi connectivity index (χ1v) is 10.1. The Hall–Kier alpha value is -2.24. The molecule has 0 aliphatic carbocycles. The normalized spacial score (nSPS) is 13.8. The fourth-order valence-corrected chi connectivity index (χ4v) is 3.50. The lowest BCUT2D eigenvalue weighted by Crippen LogP contribution is -2.28. The maximum atomic E-state index is 11.6. The minimum atomic E-state index is 0.277. The maximum Gasteiger partial charge on any atom is 0.222 e. The van der Waals surface area contributed by atoms with Gasteiger partial charge >= 0.3 is 0 Å². The lowest BCUT2D eigenvalue weighted by Gasteiger charge is -2.16. The molecule has 2 aromatic rings. The molecule has 0 spiro atoms. The summed E-state index contributed by atoms with van der Waals surface area (Å²) >= 11 is 6.45. The molecule has 1 N–H and O–H groups in total. The molecule has 0 saturated carbocycles. The Kier molecular flexibility index (Phi) is 7.57. The van der Waals surface area contributed by atoms with E-state index in [4.69, 9.17) is 21.1 Å². The summed E-state index contributed by atoms with van der Waals surface area (Å²) in [5.41, 5.74) is 2.05. The van der Waals surface area contributed by atoms with Crippen molar-refractivity contribution in [1.82, 2.24) is 10.2 Å². The molecule has 28 heavy (non-hydrogen) atoms. The SMILES string of the molecule is COc1cc(CNCCCN2CCCC2=O)c(Cl)cc1OCc1ccccc1. The van der Waals surface area contributed by atoms with E-state index in [0.29, 0.717) is 36.1 Å². The highest BCUT2D eigenvalue weighted by Crippen LogP contribution is 2.34. The quantitative estimate of drug-likeness (QED) is 0.609. The van der Waals surface area contributed by atoms with Crippen molar-refractivity contribution in [2.75, 3.05) is 26.7 Å². The van der Waals surface area contributed by atoms with Crippen molar-refractivity contribution in [3.8, 4) is 11.5 Å². The van der Waals surface area contributed by atoms with Gasteiger partial charge in [-0.05, 0) is 36.6 Å². The van der Waals surface area contributed by atoms with Crippen LogP contribution in [-0.4, -0.2) is 37.6 Å². The summed E-state index contributed by atoms with van der Waals surface area (Å²) in [5, 5.41) is 4.04. The second-order valence-electron chi connectivity index (χ2n) is 6.88. The molecule has 6 heteroatoms. The van der Waals surface area contributed by atoms with Crippen molar-refractivity contribution >= 4 is 17.5 Å².